The zero-order valence-corrected chi connectivity index (χ0v) is 7.09. The molecule has 60 valence electrons. The van der Waals surface area contributed by atoms with Gasteiger partial charge in [-0.3, -0.25) is 0 Å². The molecule has 0 heterocycles. The van der Waals surface area contributed by atoms with E-state index in [1.807, 2.05) is 13.0 Å². The van der Waals surface area contributed by atoms with Crippen molar-refractivity contribution < 1.29 is 5.11 Å². The van der Waals surface area contributed by atoms with Crippen molar-refractivity contribution in [3.63, 3.8) is 0 Å². The van der Waals surface area contributed by atoms with Crippen LogP contribution in [0.3, 0.4) is 0 Å². The summed E-state index contributed by atoms with van der Waals surface area (Å²) in [7, 11) is 0. The fourth-order valence-corrected chi connectivity index (χ4v) is 1.20. The summed E-state index contributed by atoms with van der Waals surface area (Å²) >= 11 is 0. The van der Waals surface area contributed by atoms with E-state index in [1.165, 1.54) is 5.57 Å². The highest BCUT2D eigenvalue weighted by atomic mass is 16.3. The van der Waals surface area contributed by atoms with Gasteiger partial charge in [-0.25, -0.2) is 0 Å². The van der Waals surface area contributed by atoms with E-state index >= 15 is 0 Å². The Kier molecular flexibility index (Phi) is 2.53. The number of aliphatic hydroxyl groups excluding tert-OH is 1. The molecule has 0 saturated carbocycles. The molecule has 0 aromatic heterocycles. The van der Waals surface area contributed by atoms with Crippen LogP contribution in [-0.2, 0) is 0 Å². The van der Waals surface area contributed by atoms with Gasteiger partial charge in [-0.1, -0.05) is 23.8 Å². The summed E-state index contributed by atoms with van der Waals surface area (Å²) in [5.41, 5.74) is 2.43. The van der Waals surface area contributed by atoms with Gasteiger partial charge in [0.15, 0.2) is 0 Å². The third kappa shape index (κ3) is 1.97. The van der Waals surface area contributed by atoms with Crippen LogP contribution in [0.4, 0.5) is 0 Å². The Bertz CT molecular complexity index is 227. The van der Waals surface area contributed by atoms with E-state index in [1.54, 1.807) is 6.92 Å². The quantitative estimate of drug-likeness (QED) is 0.415. The van der Waals surface area contributed by atoms with Crippen LogP contribution in [0.5, 0.6) is 0 Å². The Hall–Kier alpha value is -0.980. The molecule has 1 rings (SSSR count). The summed E-state index contributed by atoms with van der Waals surface area (Å²) in [4.78, 5) is 0. The van der Waals surface area contributed by atoms with Gasteiger partial charge >= 0.3 is 0 Å². The molecule has 0 spiro atoms. The van der Waals surface area contributed by atoms with Crippen LogP contribution >= 0.6 is 0 Å². The van der Waals surface area contributed by atoms with E-state index in [-0.39, 0.29) is 0 Å². The van der Waals surface area contributed by atoms with Gasteiger partial charge in [0.1, 0.15) is 0 Å². The molecule has 1 aliphatic rings. The maximum absolute atomic E-state index is 9.19. The van der Waals surface area contributed by atoms with Crippen LogP contribution in [-0.4, -0.2) is 5.11 Å². The van der Waals surface area contributed by atoms with Crippen molar-refractivity contribution >= 4 is 0 Å². The molecule has 0 atom stereocenters. The molecule has 0 fully saturated rings. The van der Waals surface area contributed by atoms with E-state index in [4.69, 9.17) is 0 Å². The highest BCUT2D eigenvalue weighted by Crippen LogP contribution is 2.23. The lowest BCUT2D eigenvalue weighted by Gasteiger charge is -2.11. The minimum atomic E-state index is 0.445. The number of hydrogen-bond acceptors (Lipinski definition) is 1. The smallest absolute Gasteiger partial charge is 0.0926 e. The third-order valence-electron chi connectivity index (χ3n) is 1.99. The molecule has 0 aromatic carbocycles. The Labute approximate surface area is 67.7 Å². The number of aliphatic hydroxyl groups is 1. The van der Waals surface area contributed by atoms with Crippen LogP contribution < -0.4 is 0 Å². The van der Waals surface area contributed by atoms with Gasteiger partial charge in [0.2, 0.25) is 0 Å². The first-order valence-corrected chi connectivity index (χ1v) is 3.93. The number of hydrogen-bond donors (Lipinski definition) is 1. The first-order valence-electron chi connectivity index (χ1n) is 3.93. The van der Waals surface area contributed by atoms with Crippen molar-refractivity contribution in [2.75, 3.05) is 0 Å². The summed E-state index contributed by atoms with van der Waals surface area (Å²) in [5.74, 6) is 0.445. The van der Waals surface area contributed by atoms with Crippen molar-refractivity contribution in [2.24, 2.45) is 0 Å². The summed E-state index contributed by atoms with van der Waals surface area (Å²) < 4.78 is 0. The van der Waals surface area contributed by atoms with Gasteiger partial charge in [0.05, 0.1) is 5.76 Å². The highest BCUT2D eigenvalue weighted by molar-refractivity contribution is 5.32. The molecule has 0 aliphatic heterocycles. The Morgan fingerprint density at radius 1 is 1.64 bits per heavy atom. The average Bonchev–Trinajstić information content (AvgIpc) is 2.05. The molecule has 1 N–H and O–H groups in total. The van der Waals surface area contributed by atoms with Gasteiger partial charge in [-0.15, -0.1) is 0 Å². The van der Waals surface area contributed by atoms with Gasteiger partial charge in [-0.05, 0) is 32.3 Å². The fraction of sp³-hybridized carbons (Fsp3) is 0.400. The summed E-state index contributed by atoms with van der Waals surface area (Å²) in [6.45, 7) is 3.77. The Balaban J connectivity index is 2.84. The van der Waals surface area contributed by atoms with Gasteiger partial charge in [0.25, 0.3) is 0 Å². The summed E-state index contributed by atoms with van der Waals surface area (Å²) in [6.07, 6.45) is 8.16. The van der Waals surface area contributed by atoms with E-state index in [0.717, 1.165) is 18.4 Å². The second kappa shape index (κ2) is 3.42. The van der Waals surface area contributed by atoms with Crippen LogP contribution in [0.15, 0.2) is 35.1 Å². The first kappa shape index (κ1) is 8.12. The predicted molar refractivity (Wildman–Crippen MR) is 47.5 cm³/mol. The topological polar surface area (TPSA) is 20.2 Å². The van der Waals surface area contributed by atoms with E-state index in [9.17, 15) is 5.11 Å². The Morgan fingerprint density at radius 2 is 2.36 bits per heavy atom. The average molecular weight is 150 g/mol. The molecule has 0 amide bonds. The lowest BCUT2D eigenvalue weighted by Crippen LogP contribution is -1.94. The van der Waals surface area contributed by atoms with Crippen LogP contribution in [0, 0.1) is 0 Å². The van der Waals surface area contributed by atoms with Crippen molar-refractivity contribution in [3.8, 4) is 0 Å². The van der Waals surface area contributed by atoms with E-state index in [2.05, 4.69) is 12.2 Å². The largest absolute Gasteiger partial charge is 0.512 e. The maximum atomic E-state index is 9.19. The Morgan fingerprint density at radius 3 is 2.91 bits per heavy atom. The van der Waals surface area contributed by atoms with Crippen LogP contribution in [0.2, 0.25) is 0 Å². The normalized spacial score (nSPS) is 25.8. The van der Waals surface area contributed by atoms with Gasteiger partial charge in [0, 0.05) is 0 Å². The van der Waals surface area contributed by atoms with Crippen molar-refractivity contribution in [1.29, 1.82) is 0 Å². The monoisotopic (exact) mass is 150 g/mol. The second-order valence-corrected chi connectivity index (χ2v) is 2.84. The van der Waals surface area contributed by atoms with Crippen molar-refractivity contribution in [3.05, 3.63) is 35.1 Å². The van der Waals surface area contributed by atoms with Crippen molar-refractivity contribution in [2.45, 2.75) is 26.7 Å². The molecule has 1 heteroatoms. The number of allylic oxidation sites excluding steroid dienone is 6. The minimum Gasteiger partial charge on any atom is -0.512 e. The molecule has 1 nitrogen and oxygen atoms in total. The summed E-state index contributed by atoms with van der Waals surface area (Å²) in [5, 5.41) is 9.19. The molecular weight excluding hydrogens is 136 g/mol. The molecule has 11 heavy (non-hydrogen) atoms. The molecule has 0 aromatic rings. The zero-order valence-electron chi connectivity index (χ0n) is 7.09. The van der Waals surface area contributed by atoms with Crippen LogP contribution in [0.25, 0.3) is 0 Å². The molecule has 0 radical (unpaired) electrons. The van der Waals surface area contributed by atoms with Crippen molar-refractivity contribution in [1.82, 2.24) is 0 Å². The van der Waals surface area contributed by atoms with Gasteiger partial charge in [-0.2, -0.15) is 0 Å². The first-order chi connectivity index (χ1) is 5.24. The molecule has 1 aliphatic carbocycles. The fourth-order valence-electron chi connectivity index (χ4n) is 1.20. The number of rotatable bonds is 0. The standard InChI is InChI=1S/C10H14O/c1-3-9-5-4-6-10(7-9)8(2)11/h3-4,6,11H,5,7H2,1-2H3/b9-3-,10-8+. The molecule has 0 unspecified atom stereocenters. The second-order valence-electron chi connectivity index (χ2n) is 2.84. The third-order valence-corrected chi connectivity index (χ3v) is 1.99. The summed E-state index contributed by atoms with van der Waals surface area (Å²) in [6, 6.07) is 0. The van der Waals surface area contributed by atoms with Gasteiger partial charge < -0.3 is 5.11 Å². The maximum Gasteiger partial charge on any atom is 0.0926 e. The minimum absolute atomic E-state index is 0.445. The van der Waals surface area contributed by atoms with E-state index < -0.39 is 0 Å². The predicted octanol–water partition coefficient (Wildman–Crippen LogP) is 3.11. The lowest BCUT2D eigenvalue weighted by atomic mass is 9.96. The molecule has 0 bridgehead atoms. The zero-order chi connectivity index (χ0) is 8.27. The highest BCUT2D eigenvalue weighted by Gasteiger charge is 2.05. The molecular formula is C10H14O. The van der Waals surface area contributed by atoms with Crippen LogP contribution in [0.1, 0.15) is 26.7 Å². The molecule has 0 saturated heterocycles. The van der Waals surface area contributed by atoms with E-state index in [0.29, 0.717) is 5.76 Å². The SMILES string of the molecule is C/C=C1/CC=C/C(=C(/C)O)C1. The lowest BCUT2D eigenvalue weighted by molar-refractivity contribution is 0.407.